The number of nitrogens with one attached hydrogen (secondary N) is 2. The van der Waals surface area contributed by atoms with Gasteiger partial charge in [-0.2, -0.15) is 0 Å². The molecule has 0 aromatic heterocycles. The van der Waals surface area contributed by atoms with E-state index in [1.54, 1.807) is 12.1 Å². The second-order valence-corrected chi connectivity index (χ2v) is 3.96. The molecule has 1 atom stereocenters. The first-order valence-corrected chi connectivity index (χ1v) is 5.62. The summed E-state index contributed by atoms with van der Waals surface area (Å²) in [6, 6.07) is 5.73. The zero-order valence-electron chi connectivity index (χ0n) is 9.68. The standard InChI is InChI=1S/C12H14N2O4/c15-11(10-7-18-5-4-13-10)14-9-3-1-2-8(6-9)12(16)17/h1-3,6,10,13H,4-5,7H2,(H,14,15)(H,16,17). The molecule has 0 aliphatic carbocycles. The molecule has 6 nitrogen and oxygen atoms in total. The number of ether oxygens (including phenoxy) is 1. The maximum atomic E-state index is 11.8. The van der Waals surface area contributed by atoms with Crippen LogP contribution in [0.25, 0.3) is 0 Å². The van der Waals surface area contributed by atoms with Crippen molar-refractivity contribution in [3.05, 3.63) is 29.8 Å². The normalized spacial score (nSPS) is 19.2. The summed E-state index contributed by atoms with van der Waals surface area (Å²) in [6.45, 7) is 1.55. The van der Waals surface area contributed by atoms with Gasteiger partial charge in [-0.1, -0.05) is 6.07 Å². The molecule has 0 radical (unpaired) electrons. The van der Waals surface area contributed by atoms with Crippen LogP contribution in [0, 0.1) is 0 Å². The quantitative estimate of drug-likeness (QED) is 0.718. The lowest BCUT2D eigenvalue weighted by Crippen LogP contribution is -2.48. The number of amides is 1. The Hall–Kier alpha value is -1.92. The Balaban J connectivity index is 2.02. The number of carbonyl (C=O) groups excluding carboxylic acids is 1. The van der Waals surface area contributed by atoms with Crippen LogP contribution in [0.1, 0.15) is 10.4 Å². The molecule has 1 fully saturated rings. The van der Waals surface area contributed by atoms with E-state index in [0.717, 1.165) is 0 Å². The Bertz CT molecular complexity index is 455. The van der Waals surface area contributed by atoms with Crippen molar-refractivity contribution in [3.63, 3.8) is 0 Å². The minimum atomic E-state index is -1.02. The maximum absolute atomic E-state index is 11.8. The SMILES string of the molecule is O=C(O)c1cccc(NC(=O)C2COCCN2)c1. The van der Waals surface area contributed by atoms with Gasteiger partial charge >= 0.3 is 5.97 Å². The van der Waals surface area contributed by atoms with Gasteiger partial charge < -0.3 is 20.5 Å². The van der Waals surface area contributed by atoms with Crippen LogP contribution in [-0.2, 0) is 9.53 Å². The molecule has 0 spiro atoms. The minimum Gasteiger partial charge on any atom is -0.478 e. The zero-order chi connectivity index (χ0) is 13.0. The molecule has 96 valence electrons. The molecule has 1 heterocycles. The molecular formula is C12H14N2O4. The predicted molar refractivity (Wildman–Crippen MR) is 64.6 cm³/mol. The Labute approximate surface area is 104 Å². The van der Waals surface area contributed by atoms with E-state index in [9.17, 15) is 9.59 Å². The number of anilines is 1. The summed E-state index contributed by atoms with van der Waals surface area (Å²) < 4.78 is 5.19. The number of carbonyl (C=O) groups is 2. The van der Waals surface area contributed by atoms with Crippen LogP contribution in [0.3, 0.4) is 0 Å². The summed E-state index contributed by atoms with van der Waals surface area (Å²) >= 11 is 0. The second-order valence-electron chi connectivity index (χ2n) is 3.96. The molecule has 0 saturated carbocycles. The summed E-state index contributed by atoms with van der Waals surface area (Å²) in [5.41, 5.74) is 0.605. The molecule has 1 amide bonds. The van der Waals surface area contributed by atoms with E-state index in [1.807, 2.05) is 0 Å². The Morgan fingerprint density at radius 1 is 1.44 bits per heavy atom. The summed E-state index contributed by atoms with van der Waals surface area (Å²) in [7, 11) is 0. The number of aromatic carboxylic acids is 1. The summed E-state index contributed by atoms with van der Waals surface area (Å²) in [6.07, 6.45) is 0. The molecule has 0 bridgehead atoms. The lowest BCUT2D eigenvalue weighted by molar-refractivity contribution is -0.120. The molecule has 1 aliphatic rings. The third kappa shape index (κ3) is 3.06. The van der Waals surface area contributed by atoms with Crippen molar-refractivity contribution in [1.29, 1.82) is 0 Å². The molecule has 1 aromatic rings. The molecular weight excluding hydrogens is 236 g/mol. The summed E-state index contributed by atoms with van der Waals surface area (Å²) in [5.74, 6) is -1.25. The number of hydrogen-bond donors (Lipinski definition) is 3. The van der Waals surface area contributed by atoms with Crippen molar-refractivity contribution in [2.45, 2.75) is 6.04 Å². The number of benzene rings is 1. The number of rotatable bonds is 3. The molecule has 6 heteroatoms. The first kappa shape index (κ1) is 12.5. The van der Waals surface area contributed by atoms with Crippen LogP contribution in [0.15, 0.2) is 24.3 Å². The van der Waals surface area contributed by atoms with Gasteiger partial charge in [0.05, 0.1) is 18.8 Å². The maximum Gasteiger partial charge on any atom is 0.335 e. The minimum absolute atomic E-state index is 0.139. The average Bonchev–Trinajstić information content (AvgIpc) is 2.40. The highest BCUT2D eigenvalue weighted by molar-refractivity contribution is 5.96. The summed E-state index contributed by atoms with van der Waals surface area (Å²) in [4.78, 5) is 22.6. The van der Waals surface area contributed by atoms with Crippen LogP contribution >= 0.6 is 0 Å². The van der Waals surface area contributed by atoms with Gasteiger partial charge in [0.2, 0.25) is 5.91 Å². The van der Waals surface area contributed by atoms with Crippen molar-refractivity contribution >= 4 is 17.6 Å². The Morgan fingerprint density at radius 2 is 2.28 bits per heavy atom. The topological polar surface area (TPSA) is 87.7 Å². The zero-order valence-corrected chi connectivity index (χ0v) is 9.68. The molecule has 18 heavy (non-hydrogen) atoms. The third-order valence-electron chi connectivity index (χ3n) is 2.62. The number of morpholine rings is 1. The third-order valence-corrected chi connectivity index (χ3v) is 2.62. The predicted octanol–water partition coefficient (Wildman–Crippen LogP) is 0.312. The van der Waals surface area contributed by atoms with Crippen LogP contribution in [0.5, 0.6) is 0 Å². The van der Waals surface area contributed by atoms with Crippen molar-refractivity contribution in [2.75, 3.05) is 25.1 Å². The van der Waals surface area contributed by atoms with Crippen LogP contribution in [0.4, 0.5) is 5.69 Å². The van der Waals surface area contributed by atoms with Gasteiger partial charge in [-0.25, -0.2) is 4.79 Å². The fourth-order valence-electron chi connectivity index (χ4n) is 1.69. The summed E-state index contributed by atoms with van der Waals surface area (Å²) in [5, 5.41) is 14.5. The largest absolute Gasteiger partial charge is 0.478 e. The first-order chi connectivity index (χ1) is 8.66. The van der Waals surface area contributed by atoms with Crippen LogP contribution in [-0.4, -0.2) is 42.8 Å². The molecule has 1 unspecified atom stereocenters. The highest BCUT2D eigenvalue weighted by Gasteiger charge is 2.21. The van der Waals surface area contributed by atoms with Crippen molar-refractivity contribution in [2.24, 2.45) is 0 Å². The highest BCUT2D eigenvalue weighted by Crippen LogP contribution is 2.11. The van der Waals surface area contributed by atoms with E-state index in [1.165, 1.54) is 12.1 Å². The highest BCUT2D eigenvalue weighted by atomic mass is 16.5. The fourth-order valence-corrected chi connectivity index (χ4v) is 1.69. The van der Waals surface area contributed by atoms with Gasteiger partial charge in [-0.3, -0.25) is 4.79 Å². The molecule has 1 aliphatic heterocycles. The lowest BCUT2D eigenvalue weighted by atomic mass is 10.2. The van der Waals surface area contributed by atoms with E-state index >= 15 is 0 Å². The van der Waals surface area contributed by atoms with Crippen molar-refractivity contribution in [1.82, 2.24) is 5.32 Å². The van der Waals surface area contributed by atoms with Crippen molar-refractivity contribution < 1.29 is 19.4 Å². The van der Waals surface area contributed by atoms with Crippen LogP contribution < -0.4 is 10.6 Å². The van der Waals surface area contributed by atoms with Gasteiger partial charge in [-0.15, -0.1) is 0 Å². The average molecular weight is 250 g/mol. The Morgan fingerprint density at radius 3 is 2.94 bits per heavy atom. The van der Waals surface area contributed by atoms with E-state index < -0.39 is 12.0 Å². The molecule has 2 rings (SSSR count). The van der Waals surface area contributed by atoms with E-state index in [4.69, 9.17) is 9.84 Å². The van der Waals surface area contributed by atoms with E-state index in [0.29, 0.717) is 25.4 Å². The smallest absolute Gasteiger partial charge is 0.335 e. The molecule has 3 N–H and O–H groups in total. The van der Waals surface area contributed by atoms with Crippen molar-refractivity contribution in [3.8, 4) is 0 Å². The van der Waals surface area contributed by atoms with Gasteiger partial charge in [0.1, 0.15) is 6.04 Å². The van der Waals surface area contributed by atoms with E-state index in [-0.39, 0.29) is 11.5 Å². The second kappa shape index (κ2) is 5.61. The van der Waals surface area contributed by atoms with Gasteiger partial charge in [0, 0.05) is 12.2 Å². The van der Waals surface area contributed by atoms with Crippen LogP contribution in [0.2, 0.25) is 0 Å². The number of hydrogen-bond acceptors (Lipinski definition) is 4. The molecule has 1 saturated heterocycles. The lowest BCUT2D eigenvalue weighted by Gasteiger charge is -2.22. The number of carboxylic acid groups (broad SMARTS) is 1. The monoisotopic (exact) mass is 250 g/mol. The van der Waals surface area contributed by atoms with Gasteiger partial charge in [0.25, 0.3) is 0 Å². The van der Waals surface area contributed by atoms with Gasteiger partial charge in [-0.05, 0) is 18.2 Å². The Kier molecular flexibility index (Phi) is 3.91. The fraction of sp³-hybridized carbons (Fsp3) is 0.333. The number of carboxylic acids is 1. The molecule has 1 aromatic carbocycles. The first-order valence-electron chi connectivity index (χ1n) is 5.62. The van der Waals surface area contributed by atoms with E-state index in [2.05, 4.69) is 10.6 Å². The van der Waals surface area contributed by atoms with Gasteiger partial charge in [0.15, 0.2) is 0 Å².